The quantitative estimate of drug-likeness (QED) is 0.593. The molecule has 20 heavy (non-hydrogen) atoms. The fraction of sp³-hybridized carbons (Fsp3) is 0.800. The van der Waals surface area contributed by atoms with Crippen LogP contribution in [0.3, 0.4) is 0 Å². The van der Waals surface area contributed by atoms with Crippen LogP contribution in [0.15, 0.2) is 0 Å². The van der Waals surface area contributed by atoms with Gasteiger partial charge in [0.2, 0.25) is 0 Å². The lowest BCUT2D eigenvalue weighted by molar-refractivity contribution is -0.209. The van der Waals surface area contributed by atoms with Gasteiger partial charge in [0.1, 0.15) is 6.10 Å². The number of halogens is 6. The molecule has 116 valence electrons. The van der Waals surface area contributed by atoms with Crippen LogP contribution in [-0.2, 0) is 19.1 Å². The van der Waals surface area contributed by atoms with Gasteiger partial charge in [-0.2, -0.15) is 26.3 Å². The van der Waals surface area contributed by atoms with Gasteiger partial charge in [-0.15, -0.1) is 0 Å². The number of rotatable bonds is 3. The normalized spacial score (nSPS) is 23.5. The molecule has 2 atom stereocenters. The van der Waals surface area contributed by atoms with E-state index in [2.05, 4.69) is 9.47 Å². The second-order valence-corrected chi connectivity index (χ2v) is 4.23. The minimum atomic E-state index is -5.17. The molecule has 0 spiro atoms. The fourth-order valence-electron chi connectivity index (χ4n) is 1.82. The first-order valence-corrected chi connectivity index (χ1v) is 5.53. The predicted octanol–water partition coefficient (Wildman–Crippen LogP) is 2.37. The van der Waals surface area contributed by atoms with E-state index in [0.717, 1.165) is 0 Å². The van der Waals surface area contributed by atoms with Gasteiger partial charge in [-0.05, 0) is 19.3 Å². The Bertz CT molecular complexity index is 375. The third-order valence-corrected chi connectivity index (χ3v) is 2.74. The summed E-state index contributed by atoms with van der Waals surface area (Å²) in [6, 6.07) is 0. The summed E-state index contributed by atoms with van der Waals surface area (Å²) in [6.07, 6.45) is -10.9. The van der Waals surface area contributed by atoms with Crippen LogP contribution in [0.5, 0.6) is 0 Å². The van der Waals surface area contributed by atoms with Crippen molar-refractivity contribution in [2.24, 2.45) is 5.92 Å². The van der Waals surface area contributed by atoms with Crippen molar-refractivity contribution in [3.63, 3.8) is 0 Å². The summed E-state index contributed by atoms with van der Waals surface area (Å²) in [5, 5.41) is 0. The Labute approximate surface area is 109 Å². The van der Waals surface area contributed by atoms with Crippen LogP contribution in [0.25, 0.3) is 0 Å². The van der Waals surface area contributed by atoms with Crippen molar-refractivity contribution >= 4 is 11.9 Å². The molecular formula is C10H10F6O4. The van der Waals surface area contributed by atoms with Crippen molar-refractivity contribution in [2.75, 3.05) is 6.61 Å². The zero-order chi connectivity index (χ0) is 15.6. The molecule has 0 aromatic heterocycles. The lowest BCUT2D eigenvalue weighted by Gasteiger charge is -2.20. The molecule has 0 aromatic carbocycles. The maximum Gasteiger partial charge on any atom is 0.490 e. The van der Waals surface area contributed by atoms with E-state index in [1.807, 2.05) is 0 Å². The number of carbonyl (C=O) groups is 2. The average Bonchev–Trinajstić information content (AvgIpc) is 2.70. The monoisotopic (exact) mass is 308 g/mol. The molecule has 10 heteroatoms. The standard InChI is InChI=1S/C10H10F6O4/c11-9(12,13)7(17)19-4-5-2-1-3-6(5)20-8(18)10(14,15)16/h5-6H,1-4H2. The van der Waals surface area contributed by atoms with Gasteiger partial charge in [0.05, 0.1) is 6.61 Å². The molecule has 0 radical (unpaired) electrons. The Morgan fingerprint density at radius 3 is 2.00 bits per heavy atom. The summed E-state index contributed by atoms with van der Waals surface area (Å²) >= 11 is 0. The number of alkyl halides is 6. The molecule has 1 aliphatic rings. The molecule has 0 bridgehead atoms. The summed E-state index contributed by atoms with van der Waals surface area (Å²) in [7, 11) is 0. The molecule has 1 rings (SSSR count). The van der Waals surface area contributed by atoms with Gasteiger partial charge in [0, 0.05) is 5.92 Å². The summed E-state index contributed by atoms with van der Waals surface area (Å²) < 4.78 is 79.7. The third kappa shape index (κ3) is 4.57. The fourth-order valence-corrected chi connectivity index (χ4v) is 1.82. The van der Waals surface area contributed by atoms with E-state index in [4.69, 9.17) is 0 Å². The maximum absolute atomic E-state index is 12.0. The van der Waals surface area contributed by atoms with Crippen molar-refractivity contribution in [1.29, 1.82) is 0 Å². The van der Waals surface area contributed by atoms with E-state index < -0.39 is 42.9 Å². The summed E-state index contributed by atoms with van der Waals surface area (Å²) in [5.41, 5.74) is 0. The number of ether oxygens (including phenoxy) is 2. The highest BCUT2D eigenvalue weighted by atomic mass is 19.4. The Morgan fingerprint density at radius 1 is 0.950 bits per heavy atom. The molecule has 0 heterocycles. The van der Waals surface area contributed by atoms with Gasteiger partial charge >= 0.3 is 24.3 Å². The molecule has 1 aliphatic carbocycles. The number of carbonyl (C=O) groups excluding carboxylic acids is 2. The molecule has 0 aliphatic heterocycles. The van der Waals surface area contributed by atoms with Gasteiger partial charge in [0.25, 0.3) is 0 Å². The topological polar surface area (TPSA) is 52.6 Å². The van der Waals surface area contributed by atoms with Gasteiger partial charge in [-0.25, -0.2) is 9.59 Å². The van der Waals surface area contributed by atoms with Crippen molar-refractivity contribution in [3.05, 3.63) is 0 Å². The van der Waals surface area contributed by atoms with Gasteiger partial charge in [-0.3, -0.25) is 0 Å². The second-order valence-electron chi connectivity index (χ2n) is 4.23. The Morgan fingerprint density at radius 2 is 1.50 bits per heavy atom. The highest BCUT2D eigenvalue weighted by Gasteiger charge is 2.45. The smallest absolute Gasteiger partial charge is 0.459 e. The molecule has 2 unspecified atom stereocenters. The number of hydrogen-bond donors (Lipinski definition) is 0. The van der Waals surface area contributed by atoms with Crippen molar-refractivity contribution < 1.29 is 45.4 Å². The summed E-state index contributed by atoms with van der Waals surface area (Å²) in [5.74, 6) is -5.70. The van der Waals surface area contributed by atoms with E-state index in [0.29, 0.717) is 6.42 Å². The van der Waals surface area contributed by atoms with Gasteiger partial charge in [0.15, 0.2) is 0 Å². The maximum atomic E-state index is 12.0. The molecule has 0 aromatic rings. The van der Waals surface area contributed by atoms with Crippen molar-refractivity contribution in [3.8, 4) is 0 Å². The lowest BCUT2D eigenvalue weighted by atomic mass is 10.1. The van der Waals surface area contributed by atoms with Crippen LogP contribution in [-0.4, -0.2) is 37.0 Å². The third-order valence-electron chi connectivity index (χ3n) is 2.74. The molecule has 0 amide bonds. The Hall–Kier alpha value is -1.48. The van der Waals surface area contributed by atoms with Crippen LogP contribution in [0, 0.1) is 5.92 Å². The van der Waals surface area contributed by atoms with Crippen LogP contribution >= 0.6 is 0 Å². The molecule has 0 N–H and O–H groups in total. The lowest BCUT2D eigenvalue weighted by Crippen LogP contribution is -2.34. The first kappa shape index (κ1) is 16.6. The second kappa shape index (κ2) is 5.88. The molecule has 4 nitrogen and oxygen atoms in total. The van der Waals surface area contributed by atoms with E-state index in [-0.39, 0.29) is 12.8 Å². The number of hydrogen-bond acceptors (Lipinski definition) is 4. The van der Waals surface area contributed by atoms with Crippen LogP contribution in [0.4, 0.5) is 26.3 Å². The van der Waals surface area contributed by atoms with Crippen molar-refractivity contribution in [2.45, 2.75) is 37.7 Å². The van der Waals surface area contributed by atoms with Gasteiger partial charge in [-0.1, -0.05) is 0 Å². The van der Waals surface area contributed by atoms with Crippen LogP contribution < -0.4 is 0 Å². The first-order chi connectivity index (χ1) is 9.01. The average molecular weight is 308 g/mol. The first-order valence-electron chi connectivity index (χ1n) is 5.53. The zero-order valence-electron chi connectivity index (χ0n) is 9.88. The summed E-state index contributed by atoms with van der Waals surface area (Å²) in [4.78, 5) is 21.1. The molecular weight excluding hydrogens is 298 g/mol. The SMILES string of the molecule is O=C(OCC1CCCC1OC(=O)C(F)(F)F)C(F)(F)F. The van der Waals surface area contributed by atoms with Crippen LogP contribution in [0.1, 0.15) is 19.3 Å². The number of esters is 2. The zero-order valence-corrected chi connectivity index (χ0v) is 9.88. The highest BCUT2D eigenvalue weighted by Crippen LogP contribution is 2.31. The highest BCUT2D eigenvalue weighted by molar-refractivity contribution is 5.76. The Kier molecular flexibility index (Phi) is 4.87. The van der Waals surface area contributed by atoms with Gasteiger partial charge < -0.3 is 9.47 Å². The van der Waals surface area contributed by atoms with E-state index in [1.54, 1.807) is 0 Å². The van der Waals surface area contributed by atoms with Crippen LogP contribution in [0.2, 0.25) is 0 Å². The largest absolute Gasteiger partial charge is 0.490 e. The Balaban J connectivity index is 2.50. The summed E-state index contributed by atoms with van der Waals surface area (Å²) in [6.45, 7) is -0.742. The van der Waals surface area contributed by atoms with Crippen molar-refractivity contribution in [1.82, 2.24) is 0 Å². The minimum absolute atomic E-state index is 0.0794. The van der Waals surface area contributed by atoms with E-state index >= 15 is 0 Å². The molecule has 0 saturated heterocycles. The minimum Gasteiger partial charge on any atom is -0.459 e. The van der Waals surface area contributed by atoms with E-state index in [1.165, 1.54) is 0 Å². The molecule has 1 fully saturated rings. The van der Waals surface area contributed by atoms with E-state index in [9.17, 15) is 35.9 Å². The molecule has 1 saturated carbocycles. The predicted molar refractivity (Wildman–Crippen MR) is 50.3 cm³/mol.